The zero-order valence-electron chi connectivity index (χ0n) is 11.7. The molecule has 4 nitrogen and oxygen atoms in total. The molecule has 0 aliphatic heterocycles. The maximum atomic E-state index is 5.80. The van der Waals surface area contributed by atoms with E-state index in [1.54, 1.807) is 18.4 Å². The number of aromatic nitrogens is 1. The molecule has 20 heavy (non-hydrogen) atoms. The van der Waals surface area contributed by atoms with Crippen LogP contribution in [0.4, 0.5) is 5.69 Å². The van der Waals surface area contributed by atoms with Gasteiger partial charge in [-0.3, -0.25) is 0 Å². The number of aryl methyl sites for hydroxylation is 1. The van der Waals surface area contributed by atoms with E-state index in [1.807, 2.05) is 37.7 Å². The van der Waals surface area contributed by atoms with E-state index in [0.717, 1.165) is 29.2 Å². The zero-order chi connectivity index (χ0) is 14.7. The number of nitrogens with zero attached hydrogens (tertiary/aromatic N) is 2. The van der Waals surface area contributed by atoms with Crippen LogP contribution in [0, 0.1) is 6.92 Å². The number of thiocarbonyl (C=S) groups is 1. The van der Waals surface area contributed by atoms with Crippen LogP contribution in [0.2, 0.25) is 0 Å². The minimum Gasteiger partial charge on any atom is -0.497 e. The van der Waals surface area contributed by atoms with Crippen LogP contribution in [0.5, 0.6) is 5.75 Å². The summed E-state index contributed by atoms with van der Waals surface area (Å²) in [7, 11) is 3.66. The van der Waals surface area contributed by atoms with Gasteiger partial charge in [0.05, 0.1) is 30.5 Å². The lowest BCUT2D eigenvalue weighted by Gasteiger charge is -2.22. The van der Waals surface area contributed by atoms with Crippen molar-refractivity contribution >= 4 is 34.2 Å². The third kappa shape index (κ3) is 3.08. The Balaban J connectivity index is 2.34. The molecule has 0 amide bonds. The molecule has 1 aromatic carbocycles. The van der Waals surface area contributed by atoms with Crippen LogP contribution in [0.3, 0.4) is 0 Å². The minimum atomic E-state index is 0.385. The molecule has 2 N–H and O–H groups in total. The third-order valence-corrected chi connectivity index (χ3v) is 4.25. The Hall–Kier alpha value is -1.66. The number of methoxy groups -OCH3 is 1. The molecule has 0 aliphatic rings. The van der Waals surface area contributed by atoms with Crippen molar-refractivity contribution in [1.29, 1.82) is 0 Å². The summed E-state index contributed by atoms with van der Waals surface area (Å²) in [6.45, 7) is 2.78. The van der Waals surface area contributed by atoms with E-state index in [-0.39, 0.29) is 0 Å². The van der Waals surface area contributed by atoms with Crippen LogP contribution in [0.15, 0.2) is 23.7 Å². The predicted octanol–water partition coefficient (Wildman–Crippen LogP) is 2.73. The van der Waals surface area contributed by atoms with Gasteiger partial charge >= 0.3 is 0 Å². The summed E-state index contributed by atoms with van der Waals surface area (Å²) < 4.78 is 5.28. The second-order valence-corrected chi connectivity index (χ2v) is 5.84. The lowest BCUT2D eigenvalue weighted by atomic mass is 10.1. The topological polar surface area (TPSA) is 51.4 Å². The molecule has 0 fully saturated rings. The molecule has 6 heteroatoms. The van der Waals surface area contributed by atoms with Crippen LogP contribution < -0.4 is 15.4 Å². The molecule has 0 saturated heterocycles. The van der Waals surface area contributed by atoms with Gasteiger partial charge in [0, 0.05) is 23.6 Å². The van der Waals surface area contributed by atoms with Gasteiger partial charge in [0.2, 0.25) is 0 Å². The summed E-state index contributed by atoms with van der Waals surface area (Å²) in [6.07, 6.45) is 0. The van der Waals surface area contributed by atoms with E-state index in [4.69, 9.17) is 22.7 Å². The quantitative estimate of drug-likeness (QED) is 0.861. The van der Waals surface area contributed by atoms with Gasteiger partial charge in [0.25, 0.3) is 0 Å². The molecule has 0 atom stereocenters. The van der Waals surface area contributed by atoms with Crippen molar-refractivity contribution in [3.8, 4) is 5.75 Å². The van der Waals surface area contributed by atoms with E-state index in [0.29, 0.717) is 4.99 Å². The molecule has 1 aromatic heterocycles. The van der Waals surface area contributed by atoms with Gasteiger partial charge in [0.15, 0.2) is 0 Å². The van der Waals surface area contributed by atoms with Crippen molar-refractivity contribution in [2.45, 2.75) is 13.5 Å². The van der Waals surface area contributed by atoms with E-state index in [1.165, 1.54) is 4.88 Å². The summed E-state index contributed by atoms with van der Waals surface area (Å²) >= 11 is 6.77. The molecule has 0 aliphatic carbocycles. The minimum absolute atomic E-state index is 0.385. The summed E-state index contributed by atoms with van der Waals surface area (Å²) in [5.41, 5.74) is 10.5. The van der Waals surface area contributed by atoms with E-state index < -0.39 is 0 Å². The number of nitrogens with two attached hydrogens (primary N) is 1. The first-order valence-corrected chi connectivity index (χ1v) is 7.39. The third-order valence-electron chi connectivity index (χ3n) is 3.11. The second-order valence-electron chi connectivity index (χ2n) is 4.46. The fraction of sp³-hybridized carbons (Fsp3) is 0.286. The van der Waals surface area contributed by atoms with Crippen LogP contribution in [-0.4, -0.2) is 24.1 Å². The molecule has 2 aromatic rings. The van der Waals surface area contributed by atoms with Crippen LogP contribution in [0.1, 0.15) is 16.1 Å². The Labute approximate surface area is 128 Å². The Morgan fingerprint density at radius 3 is 2.80 bits per heavy atom. The fourth-order valence-corrected chi connectivity index (χ4v) is 2.94. The van der Waals surface area contributed by atoms with Crippen molar-refractivity contribution in [2.24, 2.45) is 5.73 Å². The van der Waals surface area contributed by atoms with Gasteiger partial charge in [-0.1, -0.05) is 12.2 Å². The van der Waals surface area contributed by atoms with E-state index in [9.17, 15) is 0 Å². The van der Waals surface area contributed by atoms with Gasteiger partial charge in [-0.25, -0.2) is 4.98 Å². The number of rotatable bonds is 5. The van der Waals surface area contributed by atoms with Gasteiger partial charge in [0.1, 0.15) is 10.7 Å². The molecule has 106 valence electrons. The monoisotopic (exact) mass is 307 g/mol. The predicted molar refractivity (Wildman–Crippen MR) is 87.8 cm³/mol. The van der Waals surface area contributed by atoms with Crippen molar-refractivity contribution in [2.75, 3.05) is 19.1 Å². The van der Waals surface area contributed by atoms with Crippen molar-refractivity contribution < 1.29 is 4.74 Å². The molecule has 0 unspecified atom stereocenters. The number of anilines is 1. The standard InChI is InChI=1S/C14H17N3OS2/c1-9-13(20-8-16-9)7-17(2)12-6-10(18-3)4-5-11(12)14(15)19/h4-6,8H,7H2,1-3H3,(H2,15,19). The van der Waals surface area contributed by atoms with Gasteiger partial charge in [-0.2, -0.15) is 0 Å². The number of benzene rings is 1. The zero-order valence-corrected chi connectivity index (χ0v) is 13.3. The number of hydrogen-bond donors (Lipinski definition) is 1. The van der Waals surface area contributed by atoms with Crippen LogP contribution in [-0.2, 0) is 6.54 Å². The summed E-state index contributed by atoms with van der Waals surface area (Å²) in [4.78, 5) is 7.99. The number of hydrogen-bond acceptors (Lipinski definition) is 5. The van der Waals surface area contributed by atoms with Gasteiger partial charge in [-0.15, -0.1) is 11.3 Å². The van der Waals surface area contributed by atoms with Gasteiger partial charge in [-0.05, 0) is 19.1 Å². The maximum Gasteiger partial charge on any atom is 0.120 e. The Kier molecular flexibility index (Phi) is 4.57. The molecular weight excluding hydrogens is 290 g/mol. The molecule has 0 spiro atoms. The second kappa shape index (κ2) is 6.19. The number of thiazole rings is 1. The first kappa shape index (κ1) is 14.7. The molecule has 0 bridgehead atoms. The lowest BCUT2D eigenvalue weighted by molar-refractivity contribution is 0.415. The van der Waals surface area contributed by atoms with E-state index >= 15 is 0 Å². The molecule has 1 heterocycles. The van der Waals surface area contributed by atoms with Crippen molar-refractivity contribution in [3.05, 3.63) is 39.8 Å². The first-order valence-electron chi connectivity index (χ1n) is 6.11. The Morgan fingerprint density at radius 1 is 1.50 bits per heavy atom. The maximum absolute atomic E-state index is 5.80. The molecule has 0 saturated carbocycles. The highest BCUT2D eigenvalue weighted by atomic mass is 32.1. The fourth-order valence-electron chi connectivity index (χ4n) is 1.94. The Morgan fingerprint density at radius 2 is 2.25 bits per heavy atom. The molecule has 2 rings (SSSR count). The van der Waals surface area contributed by atoms with Gasteiger partial charge < -0.3 is 15.4 Å². The first-order chi connectivity index (χ1) is 9.52. The van der Waals surface area contributed by atoms with Crippen LogP contribution >= 0.6 is 23.6 Å². The smallest absolute Gasteiger partial charge is 0.120 e. The highest BCUT2D eigenvalue weighted by Crippen LogP contribution is 2.27. The van der Waals surface area contributed by atoms with Crippen LogP contribution in [0.25, 0.3) is 0 Å². The molecule has 0 radical (unpaired) electrons. The van der Waals surface area contributed by atoms with Crippen molar-refractivity contribution in [1.82, 2.24) is 4.98 Å². The summed E-state index contributed by atoms with van der Waals surface area (Å²) in [5, 5.41) is 0. The average molecular weight is 307 g/mol. The Bertz CT molecular complexity index is 625. The van der Waals surface area contributed by atoms with Crippen molar-refractivity contribution in [3.63, 3.8) is 0 Å². The molecular formula is C14H17N3OS2. The number of ether oxygens (including phenoxy) is 1. The highest BCUT2D eigenvalue weighted by molar-refractivity contribution is 7.80. The SMILES string of the molecule is COc1ccc(C(N)=S)c(N(C)Cc2scnc2C)c1. The normalized spacial score (nSPS) is 10.3. The summed E-state index contributed by atoms with van der Waals surface area (Å²) in [6, 6.07) is 5.71. The van der Waals surface area contributed by atoms with E-state index in [2.05, 4.69) is 9.88 Å². The lowest BCUT2D eigenvalue weighted by Crippen LogP contribution is -2.21. The largest absolute Gasteiger partial charge is 0.497 e. The summed E-state index contributed by atoms with van der Waals surface area (Å²) in [5.74, 6) is 0.785. The highest BCUT2D eigenvalue weighted by Gasteiger charge is 2.13. The average Bonchev–Trinajstić information content (AvgIpc) is 2.83.